The first-order chi connectivity index (χ1) is 15.4. The molecular weight excluding hydrogens is 435 g/mol. The molecule has 0 atom stereocenters. The predicted molar refractivity (Wildman–Crippen MR) is 120 cm³/mol. The Hall–Kier alpha value is -4.05. The van der Waals surface area contributed by atoms with Crippen molar-refractivity contribution in [2.45, 2.75) is 5.16 Å². The van der Waals surface area contributed by atoms with E-state index in [1.807, 2.05) is 0 Å². The van der Waals surface area contributed by atoms with E-state index in [9.17, 15) is 24.1 Å². The molecule has 8 nitrogen and oxygen atoms in total. The van der Waals surface area contributed by atoms with Crippen LogP contribution in [0.3, 0.4) is 0 Å². The number of hydrogen-bond donors (Lipinski definition) is 1. The van der Waals surface area contributed by atoms with Gasteiger partial charge in [0.25, 0.3) is 11.2 Å². The molecule has 1 N–H and O–H groups in total. The molecule has 1 amide bonds. The van der Waals surface area contributed by atoms with Crippen molar-refractivity contribution >= 4 is 39.9 Å². The topological polar surface area (TPSA) is 107 Å². The van der Waals surface area contributed by atoms with Gasteiger partial charge in [0.1, 0.15) is 5.82 Å². The van der Waals surface area contributed by atoms with Crippen molar-refractivity contribution in [1.82, 2.24) is 9.55 Å². The smallest absolute Gasteiger partial charge is 0.271 e. The van der Waals surface area contributed by atoms with Crippen LogP contribution in [0.2, 0.25) is 0 Å². The lowest BCUT2D eigenvalue weighted by Gasteiger charge is -2.13. The molecule has 0 fully saturated rings. The van der Waals surface area contributed by atoms with Crippen molar-refractivity contribution in [2.24, 2.45) is 0 Å². The van der Waals surface area contributed by atoms with E-state index >= 15 is 0 Å². The summed E-state index contributed by atoms with van der Waals surface area (Å²) in [5, 5.41) is 13.9. The molecule has 0 bridgehead atoms. The van der Waals surface area contributed by atoms with Crippen LogP contribution in [0.1, 0.15) is 0 Å². The Morgan fingerprint density at radius 1 is 1.09 bits per heavy atom. The third-order valence-electron chi connectivity index (χ3n) is 4.51. The van der Waals surface area contributed by atoms with E-state index < -0.39 is 22.2 Å². The molecule has 4 rings (SSSR count). The second-order valence-electron chi connectivity index (χ2n) is 6.65. The third kappa shape index (κ3) is 4.35. The summed E-state index contributed by atoms with van der Waals surface area (Å²) in [7, 11) is 0. The van der Waals surface area contributed by atoms with Crippen molar-refractivity contribution in [3.8, 4) is 5.69 Å². The molecule has 10 heteroatoms. The first-order valence-electron chi connectivity index (χ1n) is 9.38. The molecular formula is C22H15FN4O4S. The monoisotopic (exact) mass is 450 g/mol. The van der Waals surface area contributed by atoms with Gasteiger partial charge in [0.05, 0.1) is 27.3 Å². The van der Waals surface area contributed by atoms with Crippen LogP contribution in [0.4, 0.5) is 15.8 Å². The molecule has 0 aliphatic rings. The number of carbonyl (C=O) groups is 1. The fraction of sp³-hybridized carbons (Fsp3) is 0.0455. The number of nitro benzene ring substituents is 1. The number of aromatic nitrogens is 2. The number of amides is 1. The van der Waals surface area contributed by atoms with Gasteiger partial charge >= 0.3 is 0 Å². The number of rotatable bonds is 6. The molecule has 0 spiro atoms. The average Bonchev–Trinajstić information content (AvgIpc) is 2.79. The van der Waals surface area contributed by atoms with E-state index in [0.29, 0.717) is 10.9 Å². The van der Waals surface area contributed by atoms with Crippen molar-refractivity contribution < 1.29 is 14.1 Å². The van der Waals surface area contributed by atoms with Crippen LogP contribution < -0.4 is 10.9 Å². The van der Waals surface area contributed by atoms with Gasteiger partial charge in [-0.1, -0.05) is 42.1 Å². The summed E-state index contributed by atoms with van der Waals surface area (Å²) in [6, 6.07) is 18.0. The zero-order chi connectivity index (χ0) is 22.7. The highest BCUT2D eigenvalue weighted by Crippen LogP contribution is 2.23. The Bertz CT molecular complexity index is 1410. The largest absolute Gasteiger partial charge is 0.325 e. The summed E-state index contributed by atoms with van der Waals surface area (Å²) < 4.78 is 15.6. The quantitative estimate of drug-likeness (QED) is 0.205. The van der Waals surface area contributed by atoms with Gasteiger partial charge in [0, 0.05) is 17.8 Å². The third-order valence-corrected chi connectivity index (χ3v) is 5.45. The Morgan fingerprint density at radius 3 is 2.62 bits per heavy atom. The number of nitro groups is 1. The van der Waals surface area contributed by atoms with Crippen LogP contribution in [0, 0.1) is 15.9 Å². The van der Waals surface area contributed by atoms with Gasteiger partial charge in [-0.15, -0.1) is 0 Å². The minimum Gasteiger partial charge on any atom is -0.325 e. The predicted octanol–water partition coefficient (Wildman–Crippen LogP) is 4.16. The van der Waals surface area contributed by atoms with Crippen LogP contribution >= 0.6 is 11.8 Å². The van der Waals surface area contributed by atoms with Gasteiger partial charge in [0.2, 0.25) is 5.91 Å². The van der Waals surface area contributed by atoms with Gasteiger partial charge in [0.15, 0.2) is 5.16 Å². The van der Waals surface area contributed by atoms with E-state index in [0.717, 1.165) is 16.3 Å². The maximum Gasteiger partial charge on any atom is 0.271 e. The molecule has 4 aromatic rings. The lowest BCUT2D eigenvalue weighted by atomic mass is 10.2. The SMILES string of the molecule is O=C(CSc1nc2ccccc2c(=O)n1-c1ccccc1F)Nc1cccc([N+](=O)[O-])c1. The van der Waals surface area contributed by atoms with Crippen LogP contribution in [0.5, 0.6) is 0 Å². The van der Waals surface area contributed by atoms with Gasteiger partial charge < -0.3 is 5.32 Å². The molecule has 3 aromatic carbocycles. The second-order valence-corrected chi connectivity index (χ2v) is 7.59. The Kier molecular flexibility index (Phi) is 5.95. The number of fused-ring (bicyclic) bond motifs is 1. The van der Waals surface area contributed by atoms with Gasteiger partial charge in [-0.05, 0) is 30.3 Å². The second kappa shape index (κ2) is 8.98. The van der Waals surface area contributed by atoms with E-state index in [1.54, 1.807) is 30.3 Å². The van der Waals surface area contributed by atoms with Crippen molar-refractivity contribution in [2.75, 3.05) is 11.1 Å². The maximum absolute atomic E-state index is 14.5. The van der Waals surface area contributed by atoms with Gasteiger partial charge in [-0.2, -0.15) is 0 Å². The van der Waals surface area contributed by atoms with E-state index in [2.05, 4.69) is 10.3 Å². The first-order valence-corrected chi connectivity index (χ1v) is 10.4. The number of hydrogen-bond acceptors (Lipinski definition) is 6. The Balaban J connectivity index is 1.65. The number of para-hydroxylation sites is 2. The Morgan fingerprint density at radius 2 is 1.84 bits per heavy atom. The number of non-ortho nitro benzene ring substituents is 1. The fourth-order valence-corrected chi connectivity index (χ4v) is 3.88. The summed E-state index contributed by atoms with van der Waals surface area (Å²) in [5.74, 6) is -1.21. The average molecular weight is 450 g/mol. The molecule has 1 aromatic heterocycles. The molecule has 160 valence electrons. The summed E-state index contributed by atoms with van der Waals surface area (Å²) in [4.78, 5) is 40.4. The highest BCUT2D eigenvalue weighted by molar-refractivity contribution is 7.99. The zero-order valence-electron chi connectivity index (χ0n) is 16.4. The Labute approximate surface area is 184 Å². The number of benzene rings is 3. The van der Waals surface area contributed by atoms with E-state index in [1.165, 1.54) is 42.5 Å². The van der Waals surface area contributed by atoms with E-state index in [4.69, 9.17) is 0 Å². The number of halogens is 1. The summed E-state index contributed by atoms with van der Waals surface area (Å²) >= 11 is 0.957. The maximum atomic E-state index is 14.5. The molecule has 32 heavy (non-hydrogen) atoms. The molecule has 0 aliphatic heterocycles. The normalized spacial score (nSPS) is 10.8. The minimum atomic E-state index is -0.602. The number of nitrogens with zero attached hydrogens (tertiary/aromatic N) is 3. The molecule has 0 unspecified atom stereocenters. The molecule has 0 saturated heterocycles. The highest BCUT2D eigenvalue weighted by Gasteiger charge is 2.17. The standard InChI is InChI=1S/C22H15FN4O4S/c23-17-9-2-4-11-19(17)26-21(29)16-8-1-3-10-18(16)25-22(26)32-13-20(28)24-14-6-5-7-15(12-14)27(30)31/h1-12H,13H2,(H,24,28). The van der Waals surface area contributed by atoms with Gasteiger partial charge in [-0.3, -0.25) is 24.3 Å². The number of nitrogens with one attached hydrogen (secondary N) is 1. The zero-order valence-corrected chi connectivity index (χ0v) is 17.2. The summed E-state index contributed by atoms with van der Waals surface area (Å²) in [6.07, 6.45) is 0. The number of carbonyl (C=O) groups excluding carboxylic acids is 1. The minimum absolute atomic E-state index is 0.0253. The van der Waals surface area contributed by atoms with Gasteiger partial charge in [-0.25, -0.2) is 9.37 Å². The number of anilines is 1. The fourth-order valence-electron chi connectivity index (χ4n) is 3.08. The van der Waals surface area contributed by atoms with Crippen LogP contribution in [-0.4, -0.2) is 26.1 Å². The van der Waals surface area contributed by atoms with Crippen LogP contribution in [-0.2, 0) is 4.79 Å². The van der Waals surface area contributed by atoms with E-state index in [-0.39, 0.29) is 28.0 Å². The van der Waals surface area contributed by atoms with Crippen molar-refractivity contribution in [3.05, 3.63) is 99.1 Å². The number of thioether (sulfide) groups is 1. The highest BCUT2D eigenvalue weighted by atomic mass is 32.2. The lowest BCUT2D eigenvalue weighted by molar-refractivity contribution is -0.384. The molecule has 0 aliphatic carbocycles. The summed E-state index contributed by atoms with van der Waals surface area (Å²) in [6.45, 7) is 0. The first kappa shape index (κ1) is 21.2. The molecule has 0 saturated carbocycles. The van der Waals surface area contributed by atoms with Crippen LogP contribution in [0.15, 0.2) is 82.7 Å². The van der Waals surface area contributed by atoms with Crippen molar-refractivity contribution in [1.29, 1.82) is 0 Å². The molecule has 0 radical (unpaired) electrons. The summed E-state index contributed by atoms with van der Waals surface area (Å²) in [5.41, 5.74) is 0.106. The van der Waals surface area contributed by atoms with Crippen molar-refractivity contribution in [3.63, 3.8) is 0 Å². The lowest BCUT2D eigenvalue weighted by Crippen LogP contribution is -2.23. The van der Waals surface area contributed by atoms with Crippen LogP contribution in [0.25, 0.3) is 16.6 Å². The molecule has 1 heterocycles.